The van der Waals surface area contributed by atoms with Crippen molar-refractivity contribution in [2.45, 2.75) is 44.9 Å². The predicted octanol–water partition coefficient (Wildman–Crippen LogP) is 3.57. The molecule has 0 radical (unpaired) electrons. The normalized spacial score (nSPS) is 14.7. The quantitative estimate of drug-likeness (QED) is 0.388. The average molecular weight is 483 g/mol. The fourth-order valence-electron chi connectivity index (χ4n) is 3.37. The van der Waals surface area contributed by atoms with Gasteiger partial charge in [0.15, 0.2) is 5.96 Å². The zero-order valence-corrected chi connectivity index (χ0v) is 18.7. The molecule has 27 heavy (non-hydrogen) atoms. The molecule has 0 atom stereocenters. The standard InChI is InChI=1S/C20H29N5O.HI/c1-21-20(25(3)15-17-9-7-13-24(17)2)23-14-16-8-6-12-22-19(16)26-18-10-4-5-11-18;/h6-9,12-13,18H,4-5,10-11,14-15H2,1-3H3,(H,21,23);1H. The van der Waals surface area contributed by atoms with Crippen molar-refractivity contribution in [3.63, 3.8) is 0 Å². The number of guanidine groups is 1. The van der Waals surface area contributed by atoms with E-state index in [1.807, 2.05) is 20.2 Å². The zero-order chi connectivity index (χ0) is 18.4. The van der Waals surface area contributed by atoms with E-state index < -0.39 is 0 Å². The number of nitrogens with zero attached hydrogens (tertiary/aromatic N) is 4. The zero-order valence-electron chi connectivity index (χ0n) is 16.4. The van der Waals surface area contributed by atoms with E-state index >= 15 is 0 Å². The summed E-state index contributed by atoms with van der Waals surface area (Å²) in [7, 11) is 5.91. The molecule has 0 aliphatic heterocycles. The number of hydrogen-bond donors (Lipinski definition) is 1. The van der Waals surface area contributed by atoms with Crippen LogP contribution in [0.4, 0.5) is 0 Å². The molecule has 2 heterocycles. The maximum atomic E-state index is 6.13. The van der Waals surface area contributed by atoms with E-state index in [0.29, 0.717) is 12.6 Å². The number of aliphatic imine (C=N–C) groups is 1. The highest BCUT2D eigenvalue weighted by Crippen LogP contribution is 2.24. The molecule has 0 bridgehead atoms. The monoisotopic (exact) mass is 483 g/mol. The summed E-state index contributed by atoms with van der Waals surface area (Å²) >= 11 is 0. The summed E-state index contributed by atoms with van der Waals surface area (Å²) in [4.78, 5) is 11.0. The third-order valence-corrected chi connectivity index (χ3v) is 4.89. The number of pyridine rings is 1. The number of aromatic nitrogens is 2. The molecule has 0 unspecified atom stereocenters. The van der Waals surface area contributed by atoms with Crippen molar-refractivity contribution in [3.8, 4) is 5.88 Å². The van der Waals surface area contributed by atoms with E-state index in [2.05, 4.69) is 56.2 Å². The predicted molar refractivity (Wildman–Crippen MR) is 120 cm³/mol. The van der Waals surface area contributed by atoms with E-state index in [1.54, 1.807) is 6.20 Å². The van der Waals surface area contributed by atoms with Crippen LogP contribution in [-0.2, 0) is 20.1 Å². The maximum absolute atomic E-state index is 6.13. The van der Waals surface area contributed by atoms with Crippen molar-refractivity contribution in [2.75, 3.05) is 14.1 Å². The number of aryl methyl sites for hydroxylation is 1. The van der Waals surface area contributed by atoms with Crippen LogP contribution in [0.25, 0.3) is 0 Å². The summed E-state index contributed by atoms with van der Waals surface area (Å²) in [5, 5.41) is 3.43. The van der Waals surface area contributed by atoms with Gasteiger partial charge in [0.05, 0.1) is 6.54 Å². The summed E-state index contributed by atoms with van der Waals surface area (Å²) in [5.74, 6) is 1.59. The van der Waals surface area contributed by atoms with Gasteiger partial charge in [0, 0.05) is 51.3 Å². The molecule has 7 heteroatoms. The van der Waals surface area contributed by atoms with Gasteiger partial charge >= 0.3 is 0 Å². The first-order valence-corrected chi connectivity index (χ1v) is 9.30. The van der Waals surface area contributed by atoms with Crippen molar-refractivity contribution in [1.82, 2.24) is 19.8 Å². The molecule has 1 aliphatic carbocycles. The van der Waals surface area contributed by atoms with Crippen LogP contribution >= 0.6 is 24.0 Å². The smallest absolute Gasteiger partial charge is 0.218 e. The van der Waals surface area contributed by atoms with Gasteiger partial charge in [-0.15, -0.1) is 24.0 Å². The van der Waals surface area contributed by atoms with Gasteiger partial charge in [-0.25, -0.2) is 4.98 Å². The van der Waals surface area contributed by atoms with E-state index in [9.17, 15) is 0 Å². The fraction of sp³-hybridized carbons (Fsp3) is 0.500. The van der Waals surface area contributed by atoms with Crippen molar-refractivity contribution < 1.29 is 4.74 Å². The molecule has 1 saturated carbocycles. The molecule has 1 N–H and O–H groups in total. The lowest BCUT2D eigenvalue weighted by atomic mass is 10.2. The van der Waals surface area contributed by atoms with Gasteiger partial charge in [-0.1, -0.05) is 6.07 Å². The molecule has 2 aromatic rings. The van der Waals surface area contributed by atoms with Gasteiger partial charge in [-0.3, -0.25) is 4.99 Å². The van der Waals surface area contributed by atoms with Crippen LogP contribution in [0.2, 0.25) is 0 Å². The number of nitrogens with one attached hydrogen (secondary N) is 1. The Balaban J connectivity index is 0.00000261. The Morgan fingerprint density at radius 1 is 1.33 bits per heavy atom. The molecule has 0 spiro atoms. The first kappa shape index (κ1) is 21.5. The van der Waals surface area contributed by atoms with E-state index in [1.165, 1.54) is 18.5 Å². The number of hydrogen-bond acceptors (Lipinski definition) is 3. The second kappa shape index (κ2) is 10.5. The highest BCUT2D eigenvalue weighted by molar-refractivity contribution is 14.0. The molecule has 3 rings (SSSR count). The largest absolute Gasteiger partial charge is 0.474 e. The Morgan fingerprint density at radius 2 is 2.11 bits per heavy atom. The SMILES string of the molecule is CN=C(NCc1cccnc1OC1CCCC1)N(C)Cc1cccn1C.I. The third-order valence-electron chi connectivity index (χ3n) is 4.89. The minimum Gasteiger partial charge on any atom is -0.474 e. The van der Waals surface area contributed by atoms with Gasteiger partial charge in [0.2, 0.25) is 5.88 Å². The van der Waals surface area contributed by atoms with Gasteiger partial charge < -0.3 is 19.5 Å². The van der Waals surface area contributed by atoms with Gasteiger partial charge in [-0.05, 0) is 43.9 Å². The van der Waals surface area contributed by atoms with Crippen LogP contribution in [0, 0.1) is 0 Å². The van der Waals surface area contributed by atoms with E-state index in [0.717, 1.165) is 36.8 Å². The fourth-order valence-corrected chi connectivity index (χ4v) is 3.37. The maximum Gasteiger partial charge on any atom is 0.218 e. The molecule has 2 aromatic heterocycles. The minimum atomic E-state index is 0. The Labute approximate surface area is 179 Å². The highest BCUT2D eigenvalue weighted by atomic mass is 127. The van der Waals surface area contributed by atoms with E-state index in [4.69, 9.17) is 4.74 Å². The lowest BCUT2D eigenvalue weighted by Crippen LogP contribution is -2.38. The van der Waals surface area contributed by atoms with Crippen molar-refractivity contribution in [3.05, 3.63) is 47.9 Å². The second-order valence-corrected chi connectivity index (χ2v) is 6.86. The molecule has 1 fully saturated rings. The first-order valence-electron chi connectivity index (χ1n) is 9.30. The van der Waals surface area contributed by atoms with Crippen LogP contribution in [0.15, 0.2) is 41.7 Å². The molecular formula is C20H30IN5O. The van der Waals surface area contributed by atoms with Crippen LogP contribution in [-0.4, -0.2) is 40.6 Å². The Morgan fingerprint density at radius 3 is 2.78 bits per heavy atom. The Hall–Kier alpha value is -1.77. The van der Waals surface area contributed by atoms with Crippen molar-refractivity contribution in [1.29, 1.82) is 0 Å². The Kier molecular flexibility index (Phi) is 8.40. The van der Waals surface area contributed by atoms with Crippen LogP contribution in [0.5, 0.6) is 5.88 Å². The summed E-state index contributed by atoms with van der Waals surface area (Å²) in [6, 6.07) is 8.20. The third kappa shape index (κ3) is 5.85. The van der Waals surface area contributed by atoms with Gasteiger partial charge in [0.25, 0.3) is 0 Å². The second-order valence-electron chi connectivity index (χ2n) is 6.86. The highest BCUT2D eigenvalue weighted by Gasteiger charge is 2.19. The van der Waals surface area contributed by atoms with Crippen LogP contribution in [0.3, 0.4) is 0 Å². The summed E-state index contributed by atoms with van der Waals surface area (Å²) < 4.78 is 8.25. The number of rotatable bonds is 6. The van der Waals surface area contributed by atoms with Crippen LogP contribution < -0.4 is 10.1 Å². The summed E-state index contributed by atoms with van der Waals surface area (Å²) in [5.41, 5.74) is 2.30. The van der Waals surface area contributed by atoms with Gasteiger partial charge in [0.1, 0.15) is 6.10 Å². The average Bonchev–Trinajstić information content (AvgIpc) is 3.29. The van der Waals surface area contributed by atoms with Gasteiger partial charge in [-0.2, -0.15) is 0 Å². The van der Waals surface area contributed by atoms with Crippen molar-refractivity contribution >= 4 is 29.9 Å². The molecule has 1 aliphatic rings. The van der Waals surface area contributed by atoms with Crippen molar-refractivity contribution in [2.24, 2.45) is 12.0 Å². The number of ether oxygens (including phenoxy) is 1. The lowest BCUT2D eigenvalue weighted by molar-refractivity contribution is 0.199. The lowest BCUT2D eigenvalue weighted by Gasteiger charge is -2.23. The molecular weight excluding hydrogens is 453 g/mol. The van der Waals surface area contributed by atoms with E-state index in [-0.39, 0.29) is 24.0 Å². The minimum absolute atomic E-state index is 0. The number of halogens is 1. The summed E-state index contributed by atoms with van der Waals surface area (Å²) in [6.07, 6.45) is 8.92. The molecule has 0 amide bonds. The molecule has 6 nitrogen and oxygen atoms in total. The topological polar surface area (TPSA) is 54.7 Å². The Bertz CT molecular complexity index is 739. The molecule has 148 valence electrons. The van der Waals surface area contributed by atoms with Crippen LogP contribution in [0.1, 0.15) is 36.9 Å². The molecule has 0 saturated heterocycles. The first-order chi connectivity index (χ1) is 12.7. The summed E-state index contributed by atoms with van der Waals surface area (Å²) in [6.45, 7) is 1.43. The molecule has 0 aromatic carbocycles.